The zero-order valence-corrected chi connectivity index (χ0v) is 10.1. The van der Waals surface area contributed by atoms with Crippen molar-refractivity contribution in [1.29, 1.82) is 4.78 Å². The monoisotopic (exact) mass is 223 g/mol. The van der Waals surface area contributed by atoms with Crippen LogP contribution in [0.1, 0.15) is 36.5 Å². The van der Waals surface area contributed by atoms with Crippen molar-refractivity contribution in [3.63, 3.8) is 0 Å². The topological polar surface area (TPSA) is 40.9 Å². The molecule has 0 aliphatic carbocycles. The van der Waals surface area contributed by atoms with Crippen LogP contribution in [0.3, 0.4) is 0 Å². The van der Waals surface area contributed by atoms with Gasteiger partial charge in [0.2, 0.25) is 0 Å². The van der Waals surface area contributed by atoms with Gasteiger partial charge in [0.25, 0.3) is 0 Å². The fraction of sp³-hybridized carbons (Fsp3) is 0.500. The molecule has 0 amide bonds. The van der Waals surface area contributed by atoms with Gasteiger partial charge >= 0.3 is 0 Å². The predicted octanol–water partition coefficient (Wildman–Crippen LogP) is 2.91. The Kier molecular flexibility index (Phi) is 2.59. The third kappa shape index (κ3) is 2.23. The first-order chi connectivity index (χ1) is 6.98. The van der Waals surface area contributed by atoms with Crippen molar-refractivity contribution in [3.05, 3.63) is 34.9 Å². The lowest BCUT2D eigenvalue weighted by Crippen LogP contribution is -2.17. The highest BCUT2D eigenvalue weighted by molar-refractivity contribution is 7.91. The molecule has 0 spiro atoms. The van der Waals surface area contributed by atoms with E-state index in [4.69, 9.17) is 4.78 Å². The molecule has 82 valence electrons. The van der Waals surface area contributed by atoms with E-state index in [9.17, 15) is 4.21 Å². The number of benzene rings is 1. The molecule has 1 atom stereocenters. The molecule has 0 aromatic heterocycles. The summed E-state index contributed by atoms with van der Waals surface area (Å²) in [5, 5.41) is 0. The lowest BCUT2D eigenvalue weighted by molar-refractivity contribution is 0.670. The average molecular weight is 223 g/mol. The first-order valence-corrected chi connectivity index (χ1v) is 7.23. The first kappa shape index (κ1) is 10.7. The largest absolute Gasteiger partial charge is 0.253 e. The van der Waals surface area contributed by atoms with Gasteiger partial charge in [-0.3, -0.25) is 4.78 Å². The van der Waals surface area contributed by atoms with Crippen LogP contribution in [-0.4, -0.2) is 9.96 Å². The Balaban J connectivity index is 2.44. The Labute approximate surface area is 91.7 Å². The van der Waals surface area contributed by atoms with Crippen molar-refractivity contribution in [1.82, 2.24) is 0 Å². The van der Waals surface area contributed by atoms with E-state index in [0.29, 0.717) is 17.4 Å². The summed E-state index contributed by atoms with van der Waals surface area (Å²) < 4.78 is 19.4. The van der Waals surface area contributed by atoms with Gasteiger partial charge in [0.1, 0.15) is 0 Å². The van der Waals surface area contributed by atoms with Gasteiger partial charge in [-0.05, 0) is 29.0 Å². The van der Waals surface area contributed by atoms with Crippen LogP contribution >= 0.6 is 0 Å². The van der Waals surface area contributed by atoms with E-state index in [2.05, 4.69) is 32.0 Å². The van der Waals surface area contributed by atoms with E-state index in [1.165, 1.54) is 11.1 Å². The summed E-state index contributed by atoms with van der Waals surface area (Å²) in [5.41, 5.74) is 3.70. The second-order valence-corrected chi connectivity index (χ2v) is 6.91. The molecule has 1 aliphatic rings. The lowest BCUT2D eigenvalue weighted by atomic mass is 9.97. The molecule has 1 aromatic carbocycles. The van der Waals surface area contributed by atoms with Crippen LogP contribution in [-0.2, 0) is 21.9 Å². The number of nitrogens with one attached hydrogen (secondary N) is 1. The Bertz CT molecular complexity index is 474. The maximum absolute atomic E-state index is 11.7. The second kappa shape index (κ2) is 3.63. The molecule has 1 heterocycles. The van der Waals surface area contributed by atoms with Crippen molar-refractivity contribution in [2.45, 2.75) is 31.9 Å². The molecule has 2 nitrogen and oxygen atoms in total. The minimum atomic E-state index is -2.34. The molecule has 0 bridgehead atoms. The van der Waals surface area contributed by atoms with E-state index in [1.807, 2.05) is 0 Å². The van der Waals surface area contributed by atoms with Gasteiger partial charge in [-0.25, -0.2) is 4.21 Å². The third-order valence-corrected chi connectivity index (χ3v) is 4.63. The molecule has 0 saturated carbocycles. The number of fused-ring (bicyclic) bond motifs is 1. The summed E-state index contributed by atoms with van der Waals surface area (Å²) >= 11 is 0. The van der Waals surface area contributed by atoms with Crippen LogP contribution in [0, 0.1) is 4.78 Å². The highest BCUT2D eigenvalue weighted by atomic mass is 32.2. The van der Waals surface area contributed by atoms with E-state index >= 15 is 0 Å². The van der Waals surface area contributed by atoms with Gasteiger partial charge in [0.15, 0.2) is 0 Å². The van der Waals surface area contributed by atoms with E-state index in [0.717, 1.165) is 12.0 Å². The van der Waals surface area contributed by atoms with Gasteiger partial charge in [-0.1, -0.05) is 32.0 Å². The molecular weight excluding hydrogens is 206 g/mol. The van der Waals surface area contributed by atoms with Crippen molar-refractivity contribution in [3.8, 4) is 0 Å². The summed E-state index contributed by atoms with van der Waals surface area (Å²) in [7, 11) is -2.34. The number of hydrogen-bond donors (Lipinski definition) is 1. The van der Waals surface area contributed by atoms with Crippen molar-refractivity contribution < 1.29 is 4.21 Å². The molecule has 15 heavy (non-hydrogen) atoms. The molecule has 1 aliphatic heterocycles. The number of hydrogen-bond acceptors (Lipinski definition) is 2. The van der Waals surface area contributed by atoms with Crippen LogP contribution in [0.5, 0.6) is 0 Å². The van der Waals surface area contributed by atoms with Gasteiger partial charge in [0, 0.05) is 15.5 Å². The lowest BCUT2D eigenvalue weighted by Gasteiger charge is -2.19. The summed E-state index contributed by atoms with van der Waals surface area (Å²) in [6.45, 7) is 4.31. The third-order valence-electron chi connectivity index (χ3n) is 2.99. The van der Waals surface area contributed by atoms with Crippen LogP contribution in [0.2, 0.25) is 0 Å². The summed E-state index contributed by atoms with van der Waals surface area (Å²) in [6, 6.07) is 6.42. The van der Waals surface area contributed by atoms with Gasteiger partial charge in [0.05, 0.1) is 5.75 Å². The van der Waals surface area contributed by atoms with Crippen LogP contribution in [0.4, 0.5) is 0 Å². The van der Waals surface area contributed by atoms with Crippen molar-refractivity contribution >= 4 is 9.73 Å². The first-order valence-electron chi connectivity index (χ1n) is 5.34. The Morgan fingerprint density at radius 2 is 2.07 bits per heavy atom. The van der Waals surface area contributed by atoms with Crippen molar-refractivity contribution in [2.24, 2.45) is 0 Å². The van der Waals surface area contributed by atoms with E-state index < -0.39 is 9.73 Å². The van der Waals surface area contributed by atoms with Gasteiger partial charge in [-0.15, -0.1) is 0 Å². The standard InChI is InChI=1S/C12H17NOS/c1-9(2)11-4-3-10-5-6-15(13,14)8-12(10)7-11/h3-4,7,9,13H,5-6,8H2,1-2H3. The van der Waals surface area contributed by atoms with Crippen LogP contribution in [0.25, 0.3) is 0 Å². The smallest absolute Gasteiger partial charge is 0.0569 e. The van der Waals surface area contributed by atoms with Crippen molar-refractivity contribution in [2.75, 3.05) is 5.75 Å². The highest BCUT2D eigenvalue weighted by Gasteiger charge is 2.18. The second-order valence-electron chi connectivity index (χ2n) is 4.59. The zero-order valence-electron chi connectivity index (χ0n) is 9.25. The Morgan fingerprint density at radius 3 is 2.73 bits per heavy atom. The fourth-order valence-electron chi connectivity index (χ4n) is 1.98. The normalized spacial score (nSPS) is 25.3. The van der Waals surface area contributed by atoms with Crippen LogP contribution in [0.15, 0.2) is 18.2 Å². The predicted molar refractivity (Wildman–Crippen MR) is 63.7 cm³/mol. The van der Waals surface area contributed by atoms with Gasteiger partial charge < -0.3 is 0 Å². The minimum absolute atomic E-state index is 0.447. The summed E-state index contributed by atoms with van der Waals surface area (Å²) in [5.74, 6) is 1.48. The highest BCUT2D eigenvalue weighted by Crippen LogP contribution is 2.25. The SMILES string of the molecule is CC(C)c1ccc2c(c1)CS(=N)(=O)CC2. The molecule has 0 saturated heterocycles. The molecule has 0 radical (unpaired) electrons. The summed E-state index contributed by atoms with van der Waals surface area (Å²) in [6.07, 6.45) is 0.802. The molecule has 0 fully saturated rings. The number of aryl methyl sites for hydroxylation is 1. The minimum Gasteiger partial charge on any atom is -0.253 e. The maximum Gasteiger partial charge on any atom is 0.0569 e. The van der Waals surface area contributed by atoms with E-state index in [-0.39, 0.29) is 0 Å². The Morgan fingerprint density at radius 1 is 1.33 bits per heavy atom. The maximum atomic E-state index is 11.7. The molecular formula is C12H17NOS. The van der Waals surface area contributed by atoms with Crippen LogP contribution < -0.4 is 0 Å². The molecule has 1 aromatic rings. The molecule has 1 N–H and O–H groups in total. The molecule has 3 heteroatoms. The van der Waals surface area contributed by atoms with Gasteiger partial charge in [-0.2, -0.15) is 0 Å². The average Bonchev–Trinajstić information content (AvgIpc) is 2.15. The quantitative estimate of drug-likeness (QED) is 0.781. The molecule has 2 rings (SSSR count). The number of rotatable bonds is 1. The zero-order chi connectivity index (χ0) is 11.1. The molecule has 1 unspecified atom stereocenters. The Hall–Kier alpha value is -0.830. The summed E-state index contributed by atoms with van der Waals surface area (Å²) in [4.78, 5) is 0. The fourth-order valence-corrected chi connectivity index (χ4v) is 3.45. The van der Waals surface area contributed by atoms with E-state index in [1.54, 1.807) is 0 Å².